The highest BCUT2D eigenvalue weighted by atomic mass is 32.2. The van der Waals surface area contributed by atoms with Gasteiger partial charge in [0.05, 0.1) is 11.4 Å². The van der Waals surface area contributed by atoms with Crippen LogP contribution in [0.3, 0.4) is 0 Å². The Bertz CT molecular complexity index is 562. The molecule has 1 aromatic rings. The van der Waals surface area contributed by atoms with Gasteiger partial charge in [-0.1, -0.05) is 0 Å². The number of ether oxygens (including phenoxy) is 1. The molecule has 0 saturated carbocycles. The lowest BCUT2D eigenvalue weighted by Crippen LogP contribution is -2.37. The Balaban J connectivity index is 2.03. The number of benzene rings is 1. The Morgan fingerprint density at radius 3 is 2.81 bits per heavy atom. The van der Waals surface area contributed by atoms with E-state index in [2.05, 4.69) is 5.32 Å². The lowest BCUT2D eigenvalue weighted by atomic mass is 10.2. The SMILES string of the molecule is Cc1cc(N)ccc1NC(=O)C(C)S(=O)C1CCOC1C. The average Bonchev–Trinajstić information content (AvgIpc) is 2.86. The zero-order chi connectivity index (χ0) is 15.6. The minimum atomic E-state index is -1.25. The number of carbonyl (C=O) groups is 1. The van der Waals surface area contributed by atoms with E-state index in [4.69, 9.17) is 10.5 Å². The minimum Gasteiger partial charge on any atom is -0.399 e. The van der Waals surface area contributed by atoms with E-state index in [1.807, 2.05) is 13.8 Å². The van der Waals surface area contributed by atoms with Crippen molar-refractivity contribution in [2.24, 2.45) is 0 Å². The predicted molar refractivity (Wildman–Crippen MR) is 85.6 cm³/mol. The van der Waals surface area contributed by atoms with Crippen LogP contribution in [-0.4, -0.2) is 33.3 Å². The molecule has 5 nitrogen and oxygen atoms in total. The van der Waals surface area contributed by atoms with Crippen molar-refractivity contribution in [3.05, 3.63) is 23.8 Å². The maximum atomic E-state index is 12.5. The van der Waals surface area contributed by atoms with Crippen molar-refractivity contribution >= 4 is 28.1 Å². The molecule has 1 heterocycles. The summed E-state index contributed by atoms with van der Waals surface area (Å²) in [6.45, 7) is 6.09. The highest BCUT2D eigenvalue weighted by Crippen LogP contribution is 2.23. The van der Waals surface area contributed by atoms with Gasteiger partial charge in [-0.25, -0.2) is 0 Å². The molecular weight excluding hydrogens is 288 g/mol. The third-order valence-electron chi connectivity index (χ3n) is 3.83. The van der Waals surface area contributed by atoms with Crippen LogP contribution in [-0.2, 0) is 20.3 Å². The molecule has 0 aliphatic carbocycles. The standard InChI is InChI=1S/C15H22N2O3S/c1-9-8-12(16)4-5-13(9)17-15(18)11(3)21(19)14-6-7-20-10(14)2/h4-5,8,10-11,14H,6-7,16H2,1-3H3,(H,17,18). The van der Waals surface area contributed by atoms with E-state index in [1.165, 1.54) is 0 Å². The molecule has 1 aliphatic heterocycles. The van der Waals surface area contributed by atoms with Crippen molar-refractivity contribution in [1.82, 2.24) is 0 Å². The summed E-state index contributed by atoms with van der Waals surface area (Å²) in [4.78, 5) is 12.3. The fourth-order valence-corrected chi connectivity index (χ4v) is 4.03. The van der Waals surface area contributed by atoms with Gasteiger partial charge in [-0.2, -0.15) is 0 Å². The number of amides is 1. The number of nitrogens with two attached hydrogens (primary N) is 1. The summed E-state index contributed by atoms with van der Waals surface area (Å²) in [7, 11) is -1.25. The number of hydrogen-bond donors (Lipinski definition) is 2. The Labute approximate surface area is 127 Å². The van der Waals surface area contributed by atoms with Crippen LogP contribution in [0.1, 0.15) is 25.8 Å². The molecule has 21 heavy (non-hydrogen) atoms. The van der Waals surface area contributed by atoms with Gasteiger partial charge >= 0.3 is 0 Å². The Kier molecular flexibility index (Phi) is 5.00. The second kappa shape index (κ2) is 6.58. The van der Waals surface area contributed by atoms with Crippen molar-refractivity contribution in [3.63, 3.8) is 0 Å². The van der Waals surface area contributed by atoms with Crippen molar-refractivity contribution in [2.45, 2.75) is 43.8 Å². The normalized spacial score (nSPS) is 24.5. The second-order valence-corrected chi connectivity index (χ2v) is 7.41. The molecule has 0 spiro atoms. The van der Waals surface area contributed by atoms with E-state index < -0.39 is 16.0 Å². The van der Waals surface area contributed by atoms with Gasteiger partial charge in [0.15, 0.2) is 0 Å². The van der Waals surface area contributed by atoms with Crippen LogP contribution < -0.4 is 11.1 Å². The number of rotatable bonds is 4. The van der Waals surface area contributed by atoms with Crippen LogP contribution in [0.4, 0.5) is 11.4 Å². The van der Waals surface area contributed by atoms with Gasteiger partial charge in [-0.15, -0.1) is 0 Å². The number of hydrogen-bond acceptors (Lipinski definition) is 4. The van der Waals surface area contributed by atoms with Gasteiger partial charge in [0, 0.05) is 28.8 Å². The second-order valence-electron chi connectivity index (χ2n) is 5.44. The number of nitrogen functional groups attached to an aromatic ring is 1. The number of nitrogens with one attached hydrogen (secondary N) is 1. The summed E-state index contributed by atoms with van der Waals surface area (Å²) in [6.07, 6.45) is 0.686. The lowest BCUT2D eigenvalue weighted by Gasteiger charge is -2.19. The van der Waals surface area contributed by atoms with Gasteiger partial charge < -0.3 is 15.8 Å². The summed E-state index contributed by atoms with van der Waals surface area (Å²) in [5, 5.41) is 2.18. The van der Waals surface area contributed by atoms with Crippen LogP contribution >= 0.6 is 0 Å². The average molecular weight is 310 g/mol. The minimum absolute atomic E-state index is 0.0562. The quantitative estimate of drug-likeness (QED) is 0.831. The molecule has 0 aromatic heterocycles. The molecule has 4 atom stereocenters. The summed E-state index contributed by atoms with van der Waals surface area (Å²) in [6, 6.07) is 5.29. The topological polar surface area (TPSA) is 81.4 Å². The lowest BCUT2D eigenvalue weighted by molar-refractivity contribution is -0.115. The van der Waals surface area contributed by atoms with Crippen LogP contribution in [0, 0.1) is 6.92 Å². The molecule has 1 amide bonds. The van der Waals surface area contributed by atoms with E-state index in [9.17, 15) is 9.00 Å². The molecule has 0 bridgehead atoms. The number of anilines is 2. The van der Waals surface area contributed by atoms with Crippen LogP contribution in [0.5, 0.6) is 0 Å². The van der Waals surface area contributed by atoms with Crippen LogP contribution in [0.2, 0.25) is 0 Å². The molecule has 1 aliphatic rings. The third-order valence-corrected chi connectivity index (χ3v) is 5.96. The van der Waals surface area contributed by atoms with Gasteiger partial charge in [0.2, 0.25) is 5.91 Å². The first-order chi connectivity index (χ1) is 9.90. The van der Waals surface area contributed by atoms with Crippen molar-refractivity contribution < 1.29 is 13.7 Å². The molecular formula is C15H22N2O3S. The molecule has 6 heteroatoms. The molecule has 1 fully saturated rings. The predicted octanol–water partition coefficient (Wildman–Crippen LogP) is 1.83. The summed E-state index contributed by atoms with van der Waals surface area (Å²) < 4.78 is 17.9. The van der Waals surface area contributed by atoms with Crippen LogP contribution in [0.25, 0.3) is 0 Å². The zero-order valence-electron chi connectivity index (χ0n) is 12.6. The van der Waals surface area contributed by atoms with Gasteiger partial charge in [-0.3, -0.25) is 9.00 Å². The van der Waals surface area contributed by atoms with Crippen molar-refractivity contribution in [2.75, 3.05) is 17.7 Å². The molecule has 3 N–H and O–H groups in total. The summed E-state index contributed by atoms with van der Waals surface area (Å²) in [5.41, 5.74) is 7.93. The van der Waals surface area contributed by atoms with E-state index >= 15 is 0 Å². The Hall–Kier alpha value is -1.40. The van der Waals surface area contributed by atoms with Gasteiger partial charge in [0.1, 0.15) is 5.25 Å². The first-order valence-corrected chi connectivity index (χ1v) is 8.35. The summed E-state index contributed by atoms with van der Waals surface area (Å²) in [5.74, 6) is -0.236. The Morgan fingerprint density at radius 2 is 2.24 bits per heavy atom. The zero-order valence-corrected chi connectivity index (χ0v) is 13.4. The first kappa shape index (κ1) is 16.0. The van der Waals surface area contributed by atoms with Gasteiger partial charge in [0.25, 0.3) is 0 Å². The molecule has 1 saturated heterocycles. The summed E-state index contributed by atoms with van der Waals surface area (Å²) >= 11 is 0. The highest BCUT2D eigenvalue weighted by Gasteiger charge is 2.34. The molecule has 0 radical (unpaired) electrons. The monoisotopic (exact) mass is 310 g/mol. The van der Waals surface area contributed by atoms with Crippen molar-refractivity contribution in [3.8, 4) is 0 Å². The van der Waals surface area contributed by atoms with Gasteiger partial charge in [-0.05, 0) is 51.0 Å². The van der Waals surface area contributed by atoms with E-state index in [-0.39, 0.29) is 17.3 Å². The molecule has 2 rings (SSSR count). The van der Waals surface area contributed by atoms with E-state index in [1.54, 1.807) is 25.1 Å². The molecule has 1 aromatic carbocycles. The largest absolute Gasteiger partial charge is 0.399 e. The smallest absolute Gasteiger partial charge is 0.239 e. The molecule has 116 valence electrons. The third kappa shape index (κ3) is 3.63. The first-order valence-electron chi connectivity index (χ1n) is 7.08. The van der Waals surface area contributed by atoms with E-state index in [0.29, 0.717) is 18.0 Å². The number of aryl methyl sites for hydroxylation is 1. The van der Waals surface area contributed by atoms with Crippen LogP contribution in [0.15, 0.2) is 18.2 Å². The fraction of sp³-hybridized carbons (Fsp3) is 0.533. The highest BCUT2D eigenvalue weighted by molar-refractivity contribution is 7.87. The number of carbonyl (C=O) groups excluding carboxylic acids is 1. The van der Waals surface area contributed by atoms with E-state index in [0.717, 1.165) is 12.0 Å². The Morgan fingerprint density at radius 1 is 1.52 bits per heavy atom. The molecule has 4 unspecified atom stereocenters. The fourth-order valence-electron chi connectivity index (χ4n) is 2.45. The maximum Gasteiger partial charge on any atom is 0.239 e. The maximum absolute atomic E-state index is 12.5. The van der Waals surface area contributed by atoms with Crippen molar-refractivity contribution in [1.29, 1.82) is 0 Å².